The Hall–Kier alpha value is -3.07. The van der Waals surface area contributed by atoms with Crippen LogP contribution in [0.4, 0.5) is 18.9 Å². The lowest BCUT2D eigenvalue weighted by atomic mass is 10.1. The normalized spacial score (nSPS) is 12.0. The van der Waals surface area contributed by atoms with E-state index < -0.39 is 27.5 Å². The summed E-state index contributed by atoms with van der Waals surface area (Å²) in [6.07, 6.45) is -4.50. The molecule has 2 aromatic carbocycles. The van der Waals surface area contributed by atoms with Crippen molar-refractivity contribution in [2.24, 2.45) is 0 Å². The van der Waals surface area contributed by atoms with E-state index in [1.54, 1.807) is 6.07 Å². The Morgan fingerprint density at radius 3 is 2.45 bits per heavy atom. The van der Waals surface area contributed by atoms with Crippen LogP contribution in [0.15, 0.2) is 70.0 Å². The lowest BCUT2D eigenvalue weighted by molar-refractivity contribution is -0.137. The van der Waals surface area contributed by atoms with Crippen molar-refractivity contribution in [3.05, 3.63) is 72.0 Å². The molecule has 3 aromatic rings. The summed E-state index contributed by atoms with van der Waals surface area (Å²) >= 11 is 0. The molecule has 152 valence electrons. The molecule has 1 aromatic heterocycles. The molecule has 3 rings (SSSR count). The van der Waals surface area contributed by atoms with Crippen LogP contribution in [0.3, 0.4) is 0 Å². The van der Waals surface area contributed by atoms with Gasteiger partial charge in [-0.3, -0.25) is 4.79 Å². The van der Waals surface area contributed by atoms with Crippen molar-refractivity contribution in [2.45, 2.75) is 18.0 Å². The number of carbonyl (C=O) groups is 1. The van der Waals surface area contributed by atoms with Gasteiger partial charge < -0.3 is 9.73 Å². The predicted molar refractivity (Wildman–Crippen MR) is 101 cm³/mol. The molecule has 0 bridgehead atoms. The molecule has 1 heterocycles. The van der Waals surface area contributed by atoms with Gasteiger partial charge in [-0.25, -0.2) is 8.42 Å². The zero-order chi connectivity index (χ0) is 21.2. The van der Waals surface area contributed by atoms with Gasteiger partial charge in [-0.1, -0.05) is 31.2 Å². The van der Waals surface area contributed by atoms with Crippen molar-refractivity contribution in [2.75, 3.05) is 11.1 Å². The van der Waals surface area contributed by atoms with Gasteiger partial charge in [0.05, 0.1) is 21.9 Å². The number of amides is 1. The third-order valence-electron chi connectivity index (χ3n) is 4.15. The number of alkyl halides is 3. The Balaban J connectivity index is 1.87. The second-order valence-corrected chi connectivity index (χ2v) is 8.34. The van der Waals surface area contributed by atoms with Crippen LogP contribution in [0.25, 0.3) is 11.3 Å². The fourth-order valence-electron chi connectivity index (χ4n) is 2.64. The average Bonchev–Trinajstić information content (AvgIpc) is 3.18. The molecule has 0 atom stereocenters. The van der Waals surface area contributed by atoms with Crippen LogP contribution in [0, 0.1) is 0 Å². The highest BCUT2D eigenvalue weighted by atomic mass is 32.2. The summed E-state index contributed by atoms with van der Waals surface area (Å²) in [6, 6.07) is 13.1. The maximum absolute atomic E-state index is 12.9. The van der Waals surface area contributed by atoms with Crippen LogP contribution in [0.1, 0.15) is 23.0 Å². The standard InChI is InChI=1S/C20H16F3NO4S/c1-2-29(26,27)18-9-4-3-8-15(18)24-19(25)17-11-10-16(28-17)13-6-5-7-14(12-13)20(21,22)23/h3-12H,2H2,1H3,(H,24,25). The number of nitrogens with one attached hydrogen (secondary N) is 1. The fraction of sp³-hybridized carbons (Fsp3) is 0.150. The number of hydrogen-bond donors (Lipinski definition) is 1. The molecule has 0 spiro atoms. The molecule has 0 aliphatic carbocycles. The summed E-state index contributed by atoms with van der Waals surface area (Å²) in [5.41, 5.74) is -0.583. The molecule has 1 N–H and O–H groups in total. The van der Waals surface area contributed by atoms with Crippen LogP contribution < -0.4 is 5.32 Å². The highest BCUT2D eigenvalue weighted by Gasteiger charge is 2.30. The Labute approximate surface area is 165 Å². The van der Waals surface area contributed by atoms with Gasteiger partial charge in [0.1, 0.15) is 5.76 Å². The summed E-state index contributed by atoms with van der Waals surface area (Å²) in [6.45, 7) is 1.49. The Kier molecular flexibility index (Phi) is 5.52. The fourth-order valence-corrected chi connectivity index (χ4v) is 3.70. The quantitative estimate of drug-likeness (QED) is 0.626. The smallest absolute Gasteiger partial charge is 0.416 e. The summed E-state index contributed by atoms with van der Waals surface area (Å²) in [5, 5.41) is 2.48. The summed E-state index contributed by atoms with van der Waals surface area (Å²) in [7, 11) is -3.57. The zero-order valence-corrected chi connectivity index (χ0v) is 16.0. The molecule has 0 aliphatic rings. The van der Waals surface area contributed by atoms with Crippen LogP contribution in [0.2, 0.25) is 0 Å². The number of halogens is 3. The van der Waals surface area contributed by atoms with Gasteiger partial charge in [0.15, 0.2) is 15.6 Å². The summed E-state index contributed by atoms with van der Waals surface area (Å²) in [5.74, 6) is -0.945. The number of hydrogen-bond acceptors (Lipinski definition) is 4. The molecule has 0 fully saturated rings. The second kappa shape index (κ2) is 7.75. The first-order valence-electron chi connectivity index (χ1n) is 8.52. The number of benzene rings is 2. The van der Waals surface area contributed by atoms with E-state index >= 15 is 0 Å². The van der Waals surface area contributed by atoms with Gasteiger partial charge >= 0.3 is 6.18 Å². The first kappa shape index (κ1) is 20.7. The van der Waals surface area contributed by atoms with Crippen LogP contribution in [-0.4, -0.2) is 20.1 Å². The number of sulfone groups is 1. The van der Waals surface area contributed by atoms with E-state index in [0.717, 1.165) is 12.1 Å². The summed E-state index contributed by atoms with van der Waals surface area (Å²) in [4.78, 5) is 12.4. The molecular weight excluding hydrogens is 407 g/mol. The van der Waals surface area contributed by atoms with E-state index in [1.165, 1.54) is 49.4 Å². The Bertz CT molecular complexity index is 1150. The molecule has 29 heavy (non-hydrogen) atoms. The van der Waals surface area contributed by atoms with Crippen molar-refractivity contribution in [3.8, 4) is 11.3 Å². The lowest BCUT2D eigenvalue weighted by Gasteiger charge is -2.10. The number of furan rings is 1. The maximum Gasteiger partial charge on any atom is 0.416 e. The van der Waals surface area contributed by atoms with Crippen molar-refractivity contribution in [3.63, 3.8) is 0 Å². The topological polar surface area (TPSA) is 76.4 Å². The van der Waals surface area contributed by atoms with Gasteiger partial charge in [-0.2, -0.15) is 13.2 Å². The van der Waals surface area contributed by atoms with Crippen molar-refractivity contribution >= 4 is 21.4 Å². The SMILES string of the molecule is CCS(=O)(=O)c1ccccc1NC(=O)c1ccc(-c2cccc(C(F)(F)F)c2)o1. The molecule has 1 amide bonds. The minimum atomic E-state index is -4.50. The average molecular weight is 423 g/mol. The van der Waals surface area contributed by atoms with E-state index in [-0.39, 0.29) is 33.4 Å². The minimum Gasteiger partial charge on any atom is -0.451 e. The van der Waals surface area contributed by atoms with Crippen LogP contribution >= 0.6 is 0 Å². The second-order valence-electron chi connectivity index (χ2n) is 6.10. The molecule has 0 saturated carbocycles. The maximum atomic E-state index is 12.9. The molecule has 0 radical (unpaired) electrons. The summed E-state index contributed by atoms with van der Waals surface area (Å²) < 4.78 is 68.4. The van der Waals surface area contributed by atoms with E-state index in [1.807, 2.05) is 0 Å². The molecule has 0 aliphatic heterocycles. The lowest BCUT2D eigenvalue weighted by Crippen LogP contribution is -2.15. The minimum absolute atomic E-state index is 0.0273. The van der Waals surface area contributed by atoms with E-state index in [0.29, 0.717) is 0 Å². The van der Waals surface area contributed by atoms with Crippen LogP contribution in [-0.2, 0) is 16.0 Å². The van der Waals surface area contributed by atoms with E-state index in [9.17, 15) is 26.4 Å². The Morgan fingerprint density at radius 1 is 1.03 bits per heavy atom. The third kappa shape index (κ3) is 4.51. The van der Waals surface area contributed by atoms with Crippen molar-refractivity contribution in [1.29, 1.82) is 0 Å². The molecule has 5 nitrogen and oxygen atoms in total. The van der Waals surface area contributed by atoms with Gasteiger partial charge in [-0.15, -0.1) is 0 Å². The predicted octanol–water partition coefficient (Wildman–Crippen LogP) is 5.01. The van der Waals surface area contributed by atoms with E-state index in [2.05, 4.69) is 5.32 Å². The molecular formula is C20H16F3NO4S. The first-order valence-corrected chi connectivity index (χ1v) is 10.2. The number of para-hydroxylation sites is 1. The van der Waals surface area contributed by atoms with Crippen LogP contribution in [0.5, 0.6) is 0 Å². The largest absolute Gasteiger partial charge is 0.451 e. The zero-order valence-electron chi connectivity index (χ0n) is 15.2. The van der Waals surface area contributed by atoms with Gasteiger partial charge in [0.2, 0.25) is 0 Å². The first-order chi connectivity index (χ1) is 13.6. The van der Waals surface area contributed by atoms with Gasteiger partial charge in [0.25, 0.3) is 5.91 Å². The van der Waals surface area contributed by atoms with Gasteiger partial charge in [-0.05, 0) is 36.4 Å². The highest BCUT2D eigenvalue weighted by Crippen LogP contribution is 2.33. The molecule has 0 unspecified atom stereocenters. The third-order valence-corrected chi connectivity index (χ3v) is 5.94. The highest BCUT2D eigenvalue weighted by molar-refractivity contribution is 7.91. The number of rotatable bonds is 5. The number of carbonyl (C=O) groups excluding carboxylic acids is 1. The molecule has 0 saturated heterocycles. The van der Waals surface area contributed by atoms with E-state index in [4.69, 9.17) is 4.42 Å². The Morgan fingerprint density at radius 2 is 1.76 bits per heavy atom. The number of anilines is 1. The monoisotopic (exact) mass is 423 g/mol. The van der Waals surface area contributed by atoms with Crippen molar-refractivity contribution < 1.29 is 30.8 Å². The van der Waals surface area contributed by atoms with Gasteiger partial charge in [0, 0.05) is 5.56 Å². The van der Waals surface area contributed by atoms with Crippen molar-refractivity contribution in [1.82, 2.24) is 0 Å². The molecule has 9 heteroatoms.